The molecule has 0 atom stereocenters. The highest BCUT2D eigenvalue weighted by Gasteiger charge is 2.28. The smallest absolute Gasteiger partial charge is 0.280 e. The fourth-order valence-electron chi connectivity index (χ4n) is 2.81. The summed E-state index contributed by atoms with van der Waals surface area (Å²) < 4.78 is 6.87. The van der Waals surface area contributed by atoms with Crippen LogP contribution in [0, 0.1) is 0 Å². The van der Waals surface area contributed by atoms with Gasteiger partial charge in [-0.05, 0) is 43.3 Å². The second kappa shape index (κ2) is 6.77. The summed E-state index contributed by atoms with van der Waals surface area (Å²) in [5.74, 6) is 1.19. The fraction of sp³-hybridized carbons (Fsp3) is 0.0476. The SMILES string of the molecule is CC1=NN(c2ccccc2)C(=O)/C1=C\c1ccc(-c2ccccc2Br)o1. The van der Waals surface area contributed by atoms with Gasteiger partial charge in [-0.15, -0.1) is 0 Å². The molecule has 5 heteroatoms. The first-order valence-corrected chi connectivity index (χ1v) is 8.94. The number of carbonyl (C=O) groups excluding carboxylic acids is 1. The molecule has 26 heavy (non-hydrogen) atoms. The maximum Gasteiger partial charge on any atom is 0.280 e. The Bertz CT molecular complexity index is 1030. The summed E-state index contributed by atoms with van der Waals surface area (Å²) in [5.41, 5.74) is 2.90. The van der Waals surface area contributed by atoms with Crippen molar-refractivity contribution in [3.8, 4) is 11.3 Å². The highest BCUT2D eigenvalue weighted by Crippen LogP contribution is 2.31. The summed E-state index contributed by atoms with van der Waals surface area (Å²) >= 11 is 3.53. The van der Waals surface area contributed by atoms with Crippen LogP contribution in [0.5, 0.6) is 0 Å². The van der Waals surface area contributed by atoms with E-state index in [2.05, 4.69) is 21.0 Å². The number of furan rings is 1. The molecular weight excluding hydrogens is 392 g/mol. The lowest BCUT2D eigenvalue weighted by Crippen LogP contribution is -2.21. The number of halogens is 1. The molecule has 3 aromatic rings. The molecule has 0 saturated heterocycles. The molecule has 0 bridgehead atoms. The van der Waals surface area contributed by atoms with Crippen molar-refractivity contribution in [1.29, 1.82) is 0 Å². The van der Waals surface area contributed by atoms with Crippen LogP contribution < -0.4 is 5.01 Å². The molecule has 0 fully saturated rings. The van der Waals surface area contributed by atoms with Crippen LogP contribution in [0.15, 0.2) is 86.3 Å². The van der Waals surface area contributed by atoms with Gasteiger partial charge in [0.15, 0.2) is 0 Å². The van der Waals surface area contributed by atoms with Gasteiger partial charge in [0.05, 0.1) is 17.0 Å². The number of anilines is 1. The van der Waals surface area contributed by atoms with E-state index in [1.165, 1.54) is 5.01 Å². The summed E-state index contributed by atoms with van der Waals surface area (Å²) in [6.07, 6.45) is 1.74. The van der Waals surface area contributed by atoms with Crippen molar-refractivity contribution in [2.45, 2.75) is 6.92 Å². The van der Waals surface area contributed by atoms with Crippen LogP contribution in [0.4, 0.5) is 5.69 Å². The molecule has 2 heterocycles. The number of benzene rings is 2. The summed E-state index contributed by atoms with van der Waals surface area (Å²) in [5, 5.41) is 5.79. The van der Waals surface area contributed by atoms with Crippen molar-refractivity contribution < 1.29 is 9.21 Å². The van der Waals surface area contributed by atoms with Gasteiger partial charge in [-0.25, -0.2) is 0 Å². The molecule has 0 N–H and O–H groups in total. The van der Waals surface area contributed by atoms with Crippen molar-refractivity contribution >= 4 is 39.3 Å². The van der Waals surface area contributed by atoms with Crippen molar-refractivity contribution in [3.63, 3.8) is 0 Å². The second-order valence-electron chi connectivity index (χ2n) is 5.88. The Morgan fingerprint density at radius 3 is 2.50 bits per heavy atom. The lowest BCUT2D eigenvalue weighted by Gasteiger charge is -2.10. The van der Waals surface area contributed by atoms with E-state index in [4.69, 9.17) is 4.42 Å². The largest absolute Gasteiger partial charge is 0.457 e. The van der Waals surface area contributed by atoms with E-state index in [0.717, 1.165) is 21.5 Å². The van der Waals surface area contributed by atoms with E-state index in [9.17, 15) is 4.79 Å². The van der Waals surface area contributed by atoms with Gasteiger partial charge in [0, 0.05) is 10.0 Å². The highest BCUT2D eigenvalue weighted by atomic mass is 79.9. The number of hydrogen-bond acceptors (Lipinski definition) is 3. The summed E-state index contributed by atoms with van der Waals surface area (Å²) in [6.45, 7) is 1.82. The minimum absolute atomic E-state index is 0.160. The molecule has 1 amide bonds. The van der Waals surface area contributed by atoms with Crippen LogP contribution in [0.1, 0.15) is 12.7 Å². The normalized spacial score (nSPS) is 15.6. The predicted octanol–water partition coefficient (Wildman–Crippen LogP) is 5.52. The maximum absolute atomic E-state index is 12.7. The number of rotatable bonds is 3. The summed E-state index contributed by atoms with van der Waals surface area (Å²) in [7, 11) is 0. The predicted molar refractivity (Wildman–Crippen MR) is 107 cm³/mol. The van der Waals surface area contributed by atoms with Crippen LogP contribution in [0.25, 0.3) is 17.4 Å². The fourth-order valence-corrected chi connectivity index (χ4v) is 3.29. The van der Waals surface area contributed by atoms with Gasteiger partial charge in [-0.2, -0.15) is 10.1 Å². The van der Waals surface area contributed by atoms with Gasteiger partial charge in [0.1, 0.15) is 11.5 Å². The van der Waals surface area contributed by atoms with Gasteiger partial charge < -0.3 is 4.42 Å². The third kappa shape index (κ3) is 3.02. The van der Waals surface area contributed by atoms with Crippen molar-refractivity contribution in [3.05, 3.63) is 82.5 Å². The van der Waals surface area contributed by atoms with E-state index in [0.29, 0.717) is 17.0 Å². The summed E-state index contributed by atoms with van der Waals surface area (Å²) in [4.78, 5) is 12.7. The van der Waals surface area contributed by atoms with Crippen molar-refractivity contribution in [2.75, 3.05) is 5.01 Å². The first kappa shape index (κ1) is 16.5. The number of para-hydroxylation sites is 1. The van der Waals surface area contributed by atoms with Gasteiger partial charge in [0.25, 0.3) is 5.91 Å². The Kier molecular flexibility index (Phi) is 4.31. The van der Waals surface area contributed by atoms with Gasteiger partial charge >= 0.3 is 0 Å². The van der Waals surface area contributed by atoms with Crippen LogP contribution in [0.2, 0.25) is 0 Å². The zero-order valence-electron chi connectivity index (χ0n) is 14.0. The molecule has 4 rings (SSSR count). The van der Waals surface area contributed by atoms with Crippen molar-refractivity contribution in [1.82, 2.24) is 0 Å². The average Bonchev–Trinajstić information content (AvgIpc) is 3.23. The molecule has 0 saturated carbocycles. The zero-order chi connectivity index (χ0) is 18.1. The van der Waals surface area contributed by atoms with E-state index in [-0.39, 0.29) is 5.91 Å². The van der Waals surface area contributed by atoms with Gasteiger partial charge in [-0.1, -0.05) is 52.3 Å². The van der Waals surface area contributed by atoms with E-state index in [1.54, 1.807) is 6.08 Å². The molecule has 1 aliphatic heterocycles. The quantitative estimate of drug-likeness (QED) is 0.537. The molecule has 0 aliphatic carbocycles. The van der Waals surface area contributed by atoms with E-state index >= 15 is 0 Å². The van der Waals surface area contributed by atoms with Gasteiger partial charge in [-0.3, -0.25) is 4.79 Å². The van der Waals surface area contributed by atoms with Gasteiger partial charge in [0.2, 0.25) is 0 Å². The molecule has 128 valence electrons. The van der Waals surface area contributed by atoms with Crippen LogP contribution in [-0.4, -0.2) is 11.6 Å². The number of hydrogen-bond donors (Lipinski definition) is 0. The van der Waals surface area contributed by atoms with E-state index < -0.39 is 0 Å². The van der Waals surface area contributed by atoms with Crippen molar-refractivity contribution in [2.24, 2.45) is 5.10 Å². The number of hydrazone groups is 1. The third-order valence-electron chi connectivity index (χ3n) is 4.12. The number of amides is 1. The van der Waals surface area contributed by atoms with Crippen LogP contribution in [0.3, 0.4) is 0 Å². The number of nitrogens with zero attached hydrogens (tertiary/aromatic N) is 2. The topological polar surface area (TPSA) is 45.8 Å². The van der Waals surface area contributed by atoms with Crippen LogP contribution >= 0.6 is 15.9 Å². The Morgan fingerprint density at radius 1 is 1.00 bits per heavy atom. The zero-order valence-corrected chi connectivity index (χ0v) is 15.6. The number of carbonyl (C=O) groups is 1. The third-order valence-corrected chi connectivity index (χ3v) is 4.81. The molecule has 0 spiro atoms. The maximum atomic E-state index is 12.7. The van der Waals surface area contributed by atoms with E-state index in [1.807, 2.05) is 73.7 Å². The minimum atomic E-state index is -0.160. The Morgan fingerprint density at radius 2 is 1.73 bits per heavy atom. The Hall–Kier alpha value is -2.92. The van der Waals surface area contributed by atoms with Crippen LogP contribution in [-0.2, 0) is 4.79 Å². The monoisotopic (exact) mass is 406 g/mol. The molecule has 1 aromatic heterocycles. The first-order valence-electron chi connectivity index (χ1n) is 8.15. The summed E-state index contributed by atoms with van der Waals surface area (Å²) in [6, 6.07) is 21.0. The lowest BCUT2D eigenvalue weighted by atomic mass is 10.1. The first-order chi connectivity index (χ1) is 12.6. The molecule has 1 aliphatic rings. The minimum Gasteiger partial charge on any atom is -0.457 e. The molecule has 0 unspecified atom stereocenters. The molecule has 2 aromatic carbocycles. The molecule has 4 nitrogen and oxygen atoms in total. The molecular formula is C21H15BrN2O2. The average molecular weight is 407 g/mol. The lowest BCUT2D eigenvalue weighted by molar-refractivity contribution is -0.114. The second-order valence-corrected chi connectivity index (χ2v) is 6.73. The highest BCUT2D eigenvalue weighted by molar-refractivity contribution is 9.10. The molecule has 0 radical (unpaired) electrons. The Balaban J connectivity index is 1.65. The standard InChI is InChI=1S/C21H15BrN2O2/c1-14-18(21(25)24(23-14)15-7-3-2-4-8-15)13-16-11-12-20(26-16)17-9-5-6-10-19(17)22/h2-13H,1H3/b18-13-. The Labute approximate surface area is 159 Å².